The Morgan fingerprint density at radius 1 is 1.60 bits per heavy atom. The van der Waals surface area contributed by atoms with E-state index in [4.69, 9.17) is 16.3 Å². The molecule has 3 nitrogen and oxygen atoms in total. The van der Waals surface area contributed by atoms with E-state index < -0.39 is 0 Å². The first-order valence-corrected chi connectivity index (χ1v) is 6.33. The van der Waals surface area contributed by atoms with E-state index in [2.05, 4.69) is 16.9 Å². The normalized spacial score (nSPS) is 18.6. The fourth-order valence-electron chi connectivity index (χ4n) is 1.86. The van der Waals surface area contributed by atoms with Gasteiger partial charge < -0.3 is 4.74 Å². The highest BCUT2D eigenvalue weighted by molar-refractivity contribution is 7.15. The third kappa shape index (κ3) is 3.14. The highest BCUT2D eigenvalue weighted by atomic mass is 35.5. The summed E-state index contributed by atoms with van der Waals surface area (Å²) in [6.07, 6.45) is 4.12. The number of thiazole rings is 1. The summed E-state index contributed by atoms with van der Waals surface area (Å²) < 4.78 is 5.98. The molecule has 1 aromatic heterocycles. The summed E-state index contributed by atoms with van der Waals surface area (Å²) in [4.78, 5) is 7.65. The first-order valence-electron chi connectivity index (χ1n) is 5.14. The molecule has 0 aromatic carbocycles. The molecule has 1 aliphatic rings. The Kier molecular flexibility index (Phi) is 3.97. The van der Waals surface area contributed by atoms with Gasteiger partial charge >= 0.3 is 0 Å². The maximum atomic E-state index is 5.80. The van der Waals surface area contributed by atoms with Gasteiger partial charge in [-0.25, -0.2) is 4.98 Å². The van der Waals surface area contributed by atoms with Crippen molar-refractivity contribution in [2.75, 3.05) is 20.3 Å². The van der Waals surface area contributed by atoms with Crippen LogP contribution in [-0.4, -0.2) is 36.2 Å². The van der Waals surface area contributed by atoms with Crippen LogP contribution in [0.3, 0.4) is 0 Å². The number of hydrogen-bond acceptors (Lipinski definition) is 4. The standard InChI is InChI=1S/C10H15ClN2OS/c1-13(8-2-4-14-5-3-8)7-9-6-12-10(11)15-9/h6,8H,2-5,7H2,1H3. The molecule has 84 valence electrons. The smallest absolute Gasteiger partial charge is 0.183 e. The van der Waals surface area contributed by atoms with Crippen molar-refractivity contribution in [1.29, 1.82) is 0 Å². The number of rotatable bonds is 3. The molecule has 0 saturated carbocycles. The Hall–Kier alpha value is -0.160. The van der Waals surface area contributed by atoms with Gasteiger partial charge in [0.15, 0.2) is 4.47 Å². The Morgan fingerprint density at radius 2 is 2.33 bits per heavy atom. The number of nitrogens with zero attached hydrogens (tertiary/aromatic N) is 2. The van der Waals surface area contributed by atoms with Crippen LogP contribution in [-0.2, 0) is 11.3 Å². The van der Waals surface area contributed by atoms with Gasteiger partial charge in [-0.3, -0.25) is 4.90 Å². The molecule has 1 aliphatic heterocycles. The van der Waals surface area contributed by atoms with Crippen LogP contribution in [0.2, 0.25) is 4.47 Å². The van der Waals surface area contributed by atoms with Gasteiger partial charge in [-0.15, -0.1) is 11.3 Å². The zero-order chi connectivity index (χ0) is 10.7. The molecule has 1 fully saturated rings. The average molecular weight is 247 g/mol. The van der Waals surface area contributed by atoms with E-state index in [1.165, 1.54) is 4.88 Å². The van der Waals surface area contributed by atoms with Crippen LogP contribution in [0.5, 0.6) is 0 Å². The maximum Gasteiger partial charge on any atom is 0.183 e. The summed E-state index contributed by atoms with van der Waals surface area (Å²) in [5, 5.41) is 0. The Balaban J connectivity index is 1.88. The van der Waals surface area contributed by atoms with Crippen molar-refractivity contribution in [2.45, 2.75) is 25.4 Å². The first kappa shape index (κ1) is 11.3. The molecule has 0 amide bonds. The molecule has 0 N–H and O–H groups in total. The van der Waals surface area contributed by atoms with Crippen molar-refractivity contribution >= 4 is 22.9 Å². The first-order chi connectivity index (χ1) is 7.25. The van der Waals surface area contributed by atoms with Gasteiger partial charge in [0.2, 0.25) is 0 Å². The van der Waals surface area contributed by atoms with Crippen molar-refractivity contribution in [1.82, 2.24) is 9.88 Å². The number of halogens is 1. The largest absolute Gasteiger partial charge is 0.381 e. The summed E-state index contributed by atoms with van der Waals surface area (Å²) in [5.74, 6) is 0. The van der Waals surface area contributed by atoms with Gasteiger partial charge in [-0.1, -0.05) is 11.6 Å². The summed E-state index contributed by atoms with van der Waals surface area (Å²) in [7, 11) is 2.16. The fourth-order valence-corrected chi connectivity index (χ4v) is 2.90. The third-order valence-corrected chi connectivity index (χ3v) is 3.84. The molecule has 0 bridgehead atoms. The van der Waals surface area contributed by atoms with Crippen molar-refractivity contribution < 1.29 is 4.74 Å². The lowest BCUT2D eigenvalue weighted by Gasteiger charge is -2.30. The minimum atomic E-state index is 0.630. The fraction of sp³-hybridized carbons (Fsp3) is 0.700. The molecule has 5 heteroatoms. The second-order valence-electron chi connectivity index (χ2n) is 3.84. The zero-order valence-electron chi connectivity index (χ0n) is 8.78. The zero-order valence-corrected chi connectivity index (χ0v) is 10.4. The average Bonchev–Trinajstić information content (AvgIpc) is 2.65. The highest BCUT2D eigenvalue weighted by Crippen LogP contribution is 2.21. The molecule has 1 aromatic rings. The van der Waals surface area contributed by atoms with Crippen LogP contribution >= 0.6 is 22.9 Å². The predicted octanol–water partition coefficient (Wildman–Crippen LogP) is 2.41. The van der Waals surface area contributed by atoms with Crippen molar-refractivity contribution in [2.24, 2.45) is 0 Å². The van der Waals surface area contributed by atoms with Gasteiger partial charge in [0, 0.05) is 36.9 Å². The molecule has 0 aliphatic carbocycles. The van der Waals surface area contributed by atoms with E-state index in [1.54, 1.807) is 11.3 Å². The Bertz CT molecular complexity index is 312. The van der Waals surface area contributed by atoms with Gasteiger partial charge in [-0.05, 0) is 19.9 Å². The molecule has 2 rings (SSSR count). The van der Waals surface area contributed by atoms with Crippen LogP contribution in [0.15, 0.2) is 6.20 Å². The molecular weight excluding hydrogens is 232 g/mol. The van der Waals surface area contributed by atoms with Crippen molar-refractivity contribution in [3.63, 3.8) is 0 Å². The minimum absolute atomic E-state index is 0.630. The van der Waals surface area contributed by atoms with Crippen molar-refractivity contribution in [3.8, 4) is 0 Å². The van der Waals surface area contributed by atoms with Crippen LogP contribution in [0.1, 0.15) is 17.7 Å². The minimum Gasteiger partial charge on any atom is -0.381 e. The van der Waals surface area contributed by atoms with Gasteiger partial charge in [0.05, 0.1) is 0 Å². The topological polar surface area (TPSA) is 25.4 Å². The SMILES string of the molecule is CN(Cc1cnc(Cl)s1)C1CCOCC1. The van der Waals surface area contributed by atoms with Crippen LogP contribution in [0, 0.1) is 0 Å². The highest BCUT2D eigenvalue weighted by Gasteiger charge is 2.18. The molecule has 15 heavy (non-hydrogen) atoms. The van der Waals surface area contributed by atoms with E-state index >= 15 is 0 Å². The molecule has 1 saturated heterocycles. The second kappa shape index (κ2) is 5.25. The summed E-state index contributed by atoms with van der Waals surface area (Å²) >= 11 is 7.36. The van der Waals surface area contributed by atoms with Crippen molar-refractivity contribution in [3.05, 3.63) is 15.5 Å². The lowest BCUT2D eigenvalue weighted by molar-refractivity contribution is 0.0410. The van der Waals surface area contributed by atoms with Crippen LogP contribution in [0.4, 0.5) is 0 Å². The summed E-state index contributed by atoms with van der Waals surface area (Å²) in [6.45, 7) is 2.71. The lowest BCUT2D eigenvalue weighted by Crippen LogP contribution is -2.35. The Morgan fingerprint density at radius 3 is 2.93 bits per heavy atom. The van der Waals surface area contributed by atoms with Gasteiger partial charge in [0.1, 0.15) is 0 Å². The molecular formula is C10H15ClN2OS. The molecule has 0 radical (unpaired) electrons. The monoisotopic (exact) mass is 246 g/mol. The summed E-state index contributed by atoms with van der Waals surface area (Å²) in [5.41, 5.74) is 0. The number of hydrogen-bond donors (Lipinski definition) is 0. The molecule has 0 atom stereocenters. The molecule has 0 unspecified atom stereocenters. The summed E-state index contributed by atoms with van der Waals surface area (Å²) in [6, 6.07) is 0.639. The van der Waals surface area contributed by atoms with E-state index in [0.717, 1.165) is 32.6 Å². The van der Waals surface area contributed by atoms with Gasteiger partial charge in [-0.2, -0.15) is 0 Å². The number of aromatic nitrogens is 1. The van der Waals surface area contributed by atoms with E-state index in [1.807, 2.05) is 6.20 Å². The predicted molar refractivity (Wildman–Crippen MR) is 62.4 cm³/mol. The number of ether oxygens (including phenoxy) is 1. The molecule has 2 heterocycles. The van der Waals surface area contributed by atoms with E-state index in [9.17, 15) is 0 Å². The van der Waals surface area contributed by atoms with Crippen LogP contribution < -0.4 is 0 Å². The van der Waals surface area contributed by atoms with Gasteiger partial charge in [0.25, 0.3) is 0 Å². The lowest BCUT2D eigenvalue weighted by atomic mass is 10.1. The third-order valence-electron chi connectivity index (χ3n) is 2.74. The van der Waals surface area contributed by atoms with E-state index in [-0.39, 0.29) is 0 Å². The second-order valence-corrected chi connectivity index (χ2v) is 5.54. The van der Waals surface area contributed by atoms with Crippen LogP contribution in [0.25, 0.3) is 0 Å². The Labute approximate surface area is 99.0 Å². The quantitative estimate of drug-likeness (QED) is 0.819. The maximum absolute atomic E-state index is 5.80. The van der Waals surface area contributed by atoms with E-state index in [0.29, 0.717) is 10.5 Å². The molecule has 0 spiro atoms.